The van der Waals surface area contributed by atoms with E-state index in [1.807, 2.05) is 6.92 Å². The second kappa shape index (κ2) is 7.05. The van der Waals surface area contributed by atoms with E-state index >= 15 is 0 Å². The Bertz CT molecular complexity index is 502. The summed E-state index contributed by atoms with van der Waals surface area (Å²) >= 11 is 0. The molecule has 4 nitrogen and oxygen atoms in total. The van der Waals surface area contributed by atoms with E-state index in [0.29, 0.717) is 6.54 Å². The van der Waals surface area contributed by atoms with Gasteiger partial charge < -0.3 is 10.4 Å². The van der Waals surface area contributed by atoms with Crippen LogP contribution in [-0.2, 0) is 4.79 Å². The van der Waals surface area contributed by atoms with Gasteiger partial charge in [0.15, 0.2) is 0 Å². The van der Waals surface area contributed by atoms with Crippen molar-refractivity contribution >= 4 is 5.91 Å². The zero-order chi connectivity index (χ0) is 15.4. The number of nitrogens with one attached hydrogen (secondary N) is 1. The van der Waals surface area contributed by atoms with Crippen LogP contribution in [0.3, 0.4) is 0 Å². The standard InChI is InChI=1S/C17H26N2O2/c1-12-6-7-15(9-13(12)2)14(3)18-17(21)10-19-8-4-5-16(19)11-20/h6-7,9,14,16,20H,4-5,8,10-11H2,1-3H3,(H,18,21)/t14?,16-/m1/s1. The van der Waals surface area contributed by atoms with E-state index in [-0.39, 0.29) is 24.6 Å². The molecule has 1 fully saturated rings. The number of likely N-dealkylation sites (tertiary alicyclic amines) is 1. The van der Waals surface area contributed by atoms with Gasteiger partial charge in [0.2, 0.25) is 5.91 Å². The lowest BCUT2D eigenvalue weighted by atomic mass is 10.0. The van der Waals surface area contributed by atoms with E-state index < -0.39 is 0 Å². The molecule has 21 heavy (non-hydrogen) atoms. The summed E-state index contributed by atoms with van der Waals surface area (Å²) in [5.41, 5.74) is 3.64. The van der Waals surface area contributed by atoms with Crippen molar-refractivity contribution in [1.82, 2.24) is 10.2 Å². The molecule has 2 atom stereocenters. The Kier molecular flexibility index (Phi) is 5.37. The molecule has 4 heteroatoms. The van der Waals surface area contributed by atoms with Crippen LogP contribution in [0.5, 0.6) is 0 Å². The van der Waals surface area contributed by atoms with Crippen LogP contribution < -0.4 is 5.32 Å². The van der Waals surface area contributed by atoms with E-state index in [1.54, 1.807) is 0 Å². The van der Waals surface area contributed by atoms with Crippen LogP contribution in [0.2, 0.25) is 0 Å². The zero-order valence-electron chi connectivity index (χ0n) is 13.2. The topological polar surface area (TPSA) is 52.6 Å². The molecule has 1 amide bonds. The first kappa shape index (κ1) is 16.0. The minimum atomic E-state index is 0.00646. The van der Waals surface area contributed by atoms with Crippen molar-refractivity contribution < 1.29 is 9.90 Å². The maximum absolute atomic E-state index is 12.2. The second-order valence-corrected chi connectivity index (χ2v) is 6.08. The van der Waals surface area contributed by atoms with Gasteiger partial charge in [-0.05, 0) is 56.8 Å². The summed E-state index contributed by atoms with van der Waals surface area (Å²) < 4.78 is 0. The van der Waals surface area contributed by atoms with Crippen molar-refractivity contribution in [3.05, 3.63) is 34.9 Å². The number of nitrogens with zero attached hydrogens (tertiary/aromatic N) is 1. The van der Waals surface area contributed by atoms with Crippen LogP contribution in [-0.4, -0.2) is 41.7 Å². The van der Waals surface area contributed by atoms with E-state index in [9.17, 15) is 9.90 Å². The third kappa shape index (κ3) is 4.05. The van der Waals surface area contributed by atoms with Crippen molar-refractivity contribution in [3.63, 3.8) is 0 Å². The molecular weight excluding hydrogens is 264 g/mol. The average molecular weight is 290 g/mol. The van der Waals surface area contributed by atoms with Crippen molar-refractivity contribution in [2.45, 2.75) is 45.7 Å². The molecule has 2 rings (SSSR count). The number of amides is 1. The van der Waals surface area contributed by atoms with Gasteiger partial charge >= 0.3 is 0 Å². The SMILES string of the molecule is Cc1ccc(C(C)NC(=O)CN2CCC[C@@H]2CO)cc1C. The molecule has 1 aliphatic rings. The molecule has 1 saturated heterocycles. The first-order valence-electron chi connectivity index (χ1n) is 7.72. The third-order valence-corrected chi connectivity index (χ3v) is 4.46. The molecular formula is C17H26N2O2. The lowest BCUT2D eigenvalue weighted by Gasteiger charge is -2.23. The highest BCUT2D eigenvalue weighted by Crippen LogP contribution is 2.18. The number of carbonyl (C=O) groups excluding carboxylic acids is 1. The molecule has 1 heterocycles. The number of carbonyl (C=O) groups is 1. The molecule has 0 bridgehead atoms. The van der Waals surface area contributed by atoms with E-state index in [1.165, 1.54) is 11.1 Å². The van der Waals surface area contributed by atoms with Crippen LogP contribution in [0.1, 0.15) is 42.5 Å². The smallest absolute Gasteiger partial charge is 0.234 e. The van der Waals surface area contributed by atoms with Crippen molar-refractivity contribution in [1.29, 1.82) is 0 Å². The molecule has 0 saturated carbocycles. The summed E-state index contributed by atoms with van der Waals surface area (Å²) in [5.74, 6) is 0.0288. The highest BCUT2D eigenvalue weighted by atomic mass is 16.3. The summed E-state index contributed by atoms with van der Waals surface area (Å²) in [5, 5.41) is 12.3. The molecule has 116 valence electrons. The Hall–Kier alpha value is -1.39. The first-order chi connectivity index (χ1) is 10.0. The predicted octanol–water partition coefficient (Wildman–Crippen LogP) is 1.94. The summed E-state index contributed by atoms with van der Waals surface area (Å²) in [6.07, 6.45) is 2.04. The van der Waals surface area contributed by atoms with E-state index in [0.717, 1.165) is 24.9 Å². The van der Waals surface area contributed by atoms with Gasteiger partial charge in [-0.2, -0.15) is 0 Å². The van der Waals surface area contributed by atoms with Crippen molar-refractivity contribution in [3.8, 4) is 0 Å². The first-order valence-corrected chi connectivity index (χ1v) is 7.72. The van der Waals surface area contributed by atoms with Gasteiger partial charge in [0, 0.05) is 6.04 Å². The van der Waals surface area contributed by atoms with Gasteiger partial charge in [0.1, 0.15) is 0 Å². The Morgan fingerprint density at radius 1 is 1.43 bits per heavy atom. The maximum atomic E-state index is 12.2. The second-order valence-electron chi connectivity index (χ2n) is 6.08. The predicted molar refractivity (Wildman–Crippen MR) is 84.2 cm³/mol. The van der Waals surface area contributed by atoms with Crippen LogP contribution in [0.15, 0.2) is 18.2 Å². The van der Waals surface area contributed by atoms with Gasteiger partial charge in [-0.3, -0.25) is 9.69 Å². The number of rotatable bonds is 5. The van der Waals surface area contributed by atoms with Crippen LogP contribution in [0.25, 0.3) is 0 Å². The van der Waals surface area contributed by atoms with Gasteiger partial charge in [0.25, 0.3) is 0 Å². The quantitative estimate of drug-likeness (QED) is 0.871. The number of hydrogen-bond acceptors (Lipinski definition) is 3. The fourth-order valence-electron chi connectivity index (χ4n) is 2.90. The van der Waals surface area contributed by atoms with Crippen LogP contribution >= 0.6 is 0 Å². The summed E-state index contributed by atoms with van der Waals surface area (Å²) in [6.45, 7) is 7.60. The molecule has 1 aliphatic heterocycles. The molecule has 0 aromatic heterocycles. The molecule has 0 radical (unpaired) electrons. The zero-order valence-corrected chi connectivity index (χ0v) is 13.2. The highest BCUT2D eigenvalue weighted by Gasteiger charge is 2.25. The van der Waals surface area contributed by atoms with Gasteiger partial charge in [-0.15, -0.1) is 0 Å². The monoisotopic (exact) mass is 290 g/mol. The Morgan fingerprint density at radius 3 is 2.86 bits per heavy atom. The fourth-order valence-corrected chi connectivity index (χ4v) is 2.90. The number of benzene rings is 1. The largest absolute Gasteiger partial charge is 0.395 e. The minimum absolute atomic E-state index is 0.00646. The maximum Gasteiger partial charge on any atom is 0.234 e. The van der Waals surface area contributed by atoms with E-state index in [2.05, 4.69) is 42.3 Å². The molecule has 0 spiro atoms. The number of aliphatic hydroxyl groups is 1. The number of hydrogen-bond donors (Lipinski definition) is 2. The number of aliphatic hydroxyl groups excluding tert-OH is 1. The lowest BCUT2D eigenvalue weighted by molar-refractivity contribution is -0.123. The third-order valence-electron chi connectivity index (χ3n) is 4.46. The lowest BCUT2D eigenvalue weighted by Crippen LogP contribution is -2.41. The van der Waals surface area contributed by atoms with Crippen LogP contribution in [0, 0.1) is 13.8 Å². The average Bonchev–Trinajstić information content (AvgIpc) is 2.88. The Balaban J connectivity index is 1.91. The summed E-state index contributed by atoms with van der Waals surface area (Å²) in [6, 6.07) is 6.45. The van der Waals surface area contributed by atoms with Crippen molar-refractivity contribution in [2.24, 2.45) is 0 Å². The van der Waals surface area contributed by atoms with Crippen LogP contribution in [0.4, 0.5) is 0 Å². The number of aryl methyl sites for hydroxylation is 2. The summed E-state index contributed by atoms with van der Waals surface area (Å²) in [7, 11) is 0. The van der Waals surface area contributed by atoms with Gasteiger partial charge in [0.05, 0.1) is 19.2 Å². The molecule has 1 aromatic rings. The Morgan fingerprint density at radius 2 is 2.19 bits per heavy atom. The fraction of sp³-hybridized carbons (Fsp3) is 0.588. The Labute approximate surface area is 127 Å². The normalized spacial score (nSPS) is 20.5. The molecule has 1 aromatic carbocycles. The van der Waals surface area contributed by atoms with E-state index in [4.69, 9.17) is 0 Å². The highest BCUT2D eigenvalue weighted by molar-refractivity contribution is 5.78. The molecule has 0 aliphatic carbocycles. The molecule has 2 N–H and O–H groups in total. The van der Waals surface area contributed by atoms with Gasteiger partial charge in [-0.1, -0.05) is 18.2 Å². The van der Waals surface area contributed by atoms with Crippen molar-refractivity contribution in [2.75, 3.05) is 19.7 Å². The van der Waals surface area contributed by atoms with Gasteiger partial charge in [-0.25, -0.2) is 0 Å². The molecule has 1 unspecified atom stereocenters. The minimum Gasteiger partial charge on any atom is -0.395 e. The summed E-state index contributed by atoms with van der Waals surface area (Å²) in [4.78, 5) is 14.2.